The van der Waals surface area contributed by atoms with Crippen molar-refractivity contribution in [2.75, 3.05) is 13.1 Å². The number of aryl methyl sites for hydroxylation is 2. The van der Waals surface area contributed by atoms with Crippen LogP contribution in [0.3, 0.4) is 0 Å². The summed E-state index contributed by atoms with van der Waals surface area (Å²) in [5, 5.41) is 0.0796. The highest BCUT2D eigenvalue weighted by atomic mass is 35.5. The number of carbonyl (C=O) groups excluding carboxylic acids is 1. The Kier molecular flexibility index (Phi) is 5.89. The number of rotatable bonds is 6. The van der Waals surface area contributed by atoms with Crippen LogP contribution in [0.25, 0.3) is 0 Å². The van der Waals surface area contributed by atoms with E-state index in [-0.39, 0.29) is 15.5 Å². The predicted octanol–water partition coefficient (Wildman–Crippen LogP) is 4.08. The average molecular weight is 408 g/mol. The zero-order valence-electron chi connectivity index (χ0n) is 15.4. The van der Waals surface area contributed by atoms with E-state index in [1.807, 2.05) is 12.1 Å². The molecule has 3 rings (SSSR count). The Balaban J connectivity index is 1.88. The number of sulfonamides is 1. The third-order valence-electron chi connectivity index (χ3n) is 4.77. The minimum Gasteiger partial charge on any atom is -0.423 e. The normalized spacial score (nSPS) is 13.6. The van der Waals surface area contributed by atoms with Crippen LogP contribution in [-0.2, 0) is 22.9 Å². The van der Waals surface area contributed by atoms with Gasteiger partial charge in [0.05, 0.1) is 10.6 Å². The Labute approximate surface area is 165 Å². The van der Waals surface area contributed by atoms with Gasteiger partial charge in [0.15, 0.2) is 0 Å². The molecule has 0 saturated heterocycles. The molecule has 0 aliphatic heterocycles. The molecule has 0 aromatic heterocycles. The Hall–Kier alpha value is -1.89. The first kappa shape index (κ1) is 19.9. The molecule has 27 heavy (non-hydrogen) atoms. The van der Waals surface area contributed by atoms with E-state index < -0.39 is 16.0 Å². The van der Waals surface area contributed by atoms with E-state index in [1.54, 1.807) is 19.9 Å². The number of esters is 1. The van der Waals surface area contributed by atoms with Crippen LogP contribution in [0, 0.1) is 0 Å². The molecular weight excluding hydrogens is 386 g/mol. The number of halogens is 1. The van der Waals surface area contributed by atoms with E-state index in [9.17, 15) is 13.2 Å². The van der Waals surface area contributed by atoms with Gasteiger partial charge in [-0.3, -0.25) is 0 Å². The Morgan fingerprint density at radius 3 is 2.48 bits per heavy atom. The second-order valence-electron chi connectivity index (χ2n) is 6.41. The summed E-state index contributed by atoms with van der Waals surface area (Å²) in [4.78, 5) is 12.5. The van der Waals surface area contributed by atoms with Gasteiger partial charge >= 0.3 is 5.97 Å². The van der Waals surface area contributed by atoms with Gasteiger partial charge < -0.3 is 4.74 Å². The van der Waals surface area contributed by atoms with Crippen molar-refractivity contribution < 1.29 is 17.9 Å². The third kappa shape index (κ3) is 4.03. The summed E-state index contributed by atoms with van der Waals surface area (Å²) in [5.74, 6) is -0.149. The number of ether oxygens (including phenoxy) is 1. The SMILES string of the molecule is CCN(CC)S(=O)(=O)c1cc(C(=O)Oc2ccc3c(c2)CCC3)ccc1Cl. The maximum atomic E-state index is 12.8. The maximum absolute atomic E-state index is 12.8. The standard InChI is InChI=1S/C20H22ClNO4S/c1-3-22(4-2)27(24,25)19-13-16(9-11-18(19)21)20(23)26-17-10-8-14-6-5-7-15(14)12-17/h8-13H,3-7H2,1-2H3. The average Bonchev–Trinajstić information content (AvgIpc) is 3.10. The Bertz CT molecular complexity index is 968. The highest BCUT2D eigenvalue weighted by molar-refractivity contribution is 7.89. The minimum atomic E-state index is -3.78. The zero-order valence-corrected chi connectivity index (χ0v) is 16.9. The summed E-state index contributed by atoms with van der Waals surface area (Å²) in [5.41, 5.74) is 2.63. The summed E-state index contributed by atoms with van der Waals surface area (Å²) in [6.45, 7) is 4.14. The van der Waals surface area contributed by atoms with Crippen molar-refractivity contribution in [2.24, 2.45) is 0 Å². The van der Waals surface area contributed by atoms with Crippen LogP contribution in [-0.4, -0.2) is 31.8 Å². The van der Waals surface area contributed by atoms with Gasteiger partial charge in [0.25, 0.3) is 0 Å². The number of nitrogens with zero attached hydrogens (tertiary/aromatic N) is 1. The van der Waals surface area contributed by atoms with Gasteiger partial charge in [-0.05, 0) is 60.7 Å². The fraction of sp³-hybridized carbons (Fsp3) is 0.350. The third-order valence-corrected chi connectivity index (χ3v) is 7.30. The van der Waals surface area contributed by atoms with Crippen molar-refractivity contribution in [2.45, 2.75) is 38.0 Å². The first-order valence-electron chi connectivity index (χ1n) is 9.00. The van der Waals surface area contributed by atoms with Crippen LogP contribution in [0.1, 0.15) is 41.8 Å². The molecule has 0 radical (unpaired) electrons. The largest absolute Gasteiger partial charge is 0.423 e. The van der Waals surface area contributed by atoms with E-state index in [0.717, 1.165) is 19.3 Å². The molecular formula is C20H22ClNO4S. The van der Waals surface area contributed by atoms with Gasteiger partial charge in [0.1, 0.15) is 10.6 Å². The van der Waals surface area contributed by atoms with Crippen molar-refractivity contribution in [1.29, 1.82) is 0 Å². The lowest BCUT2D eigenvalue weighted by atomic mass is 10.1. The number of hydrogen-bond donors (Lipinski definition) is 0. The molecule has 0 saturated carbocycles. The van der Waals surface area contributed by atoms with Crippen LogP contribution in [0.2, 0.25) is 5.02 Å². The second-order valence-corrected chi connectivity index (χ2v) is 8.72. The highest BCUT2D eigenvalue weighted by Gasteiger charge is 2.26. The summed E-state index contributed by atoms with van der Waals surface area (Å²) in [6, 6.07) is 9.79. The quantitative estimate of drug-likeness (QED) is 0.534. The molecule has 144 valence electrons. The predicted molar refractivity (Wildman–Crippen MR) is 105 cm³/mol. The van der Waals surface area contributed by atoms with E-state index in [4.69, 9.17) is 16.3 Å². The van der Waals surface area contributed by atoms with Crippen molar-refractivity contribution in [3.8, 4) is 5.75 Å². The number of benzene rings is 2. The zero-order chi connectivity index (χ0) is 19.6. The second kappa shape index (κ2) is 8.00. The van der Waals surface area contributed by atoms with Crippen molar-refractivity contribution in [1.82, 2.24) is 4.31 Å². The van der Waals surface area contributed by atoms with Crippen LogP contribution in [0.4, 0.5) is 0 Å². The lowest BCUT2D eigenvalue weighted by Gasteiger charge is -2.19. The molecule has 0 bridgehead atoms. The van der Waals surface area contributed by atoms with E-state index in [1.165, 1.54) is 33.6 Å². The smallest absolute Gasteiger partial charge is 0.343 e. The molecule has 0 fully saturated rings. The summed E-state index contributed by atoms with van der Waals surface area (Å²) in [7, 11) is -3.78. The van der Waals surface area contributed by atoms with E-state index >= 15 is 0 Å². The number of fused-ring (bicyclic) bond motifs is 1. The van der Waals surface area contributed by atoms with Gasteiger partial charge in [-0.15, -0.1) is 0 Å². The van der Waals surface area contributed by atoms with Crippen LogP contribution in [0.15, 0.2) is 41.3 Å². The Morgan fingerprint density at radius 2 is 1.78 bits per heavy atom. The summed E-state index contributed by atoms with van der Waals surface area (Å²) in [6.07, 6.45) is 3.14. The van der Waals surface area contributed by atoms with Gasteiger partial charge in [0, 0.05) is 13.1 Å². The fourth-order valence-corrected chi connectivity index (χ4v) is 5.27. The maximum Gasteiger partial charge on any atom is 0.343 e. The molecule has 2 aromatic carbocycles. The topological polar surface area (TPSA) is 63.7 Å². The monoisotopic (exact) mass is 407 g/mol. The summed E-state index contributed by atoms with van der Waals surface area (Å²) < 4.78 is 32.3. The lowest BCUT2D eigenvalue weighted by Crippen LogP contribution is -2.31. The van der Waals surface area contributed by atoms with Gasteiger partial charge in [0.2, 0.25) is 10.0 Å². The van der Waals surface area contributed by atoms with E-state index in [0.29, 0.717) is 18.8 Å². The molecule has 1 aliphatic carbocycles. The summed E-state index contributed by atoms with van der Waals surface area (Å²) >= 11 is 6.11. The van der Waals surface area contributed by atoms with Crippen LogP contribution in [0.5, 0.6) is 5.75 Å². The first-order valence-corrected chi connectivity index (χ1v) is 10.8. The Morgan fingerprint density at radius 1 is 1.07 bits per heavy atom. The molecule has 0 N–H and O–H groups in total. The minimum absolute atomic E-state index is 0.0796. The molecule has 2 aromatic rings. The van der Waals surface area contributed by atoms with Crippen LogP contribution < -0.4 is 4.74 Å². The first-order chi connectivity index (χ1) is 12.9. The number of carbonyl (C=O) groups is 1. The fourth-order valence-electron chi connectivity index (χ4n) is 3.31. The van der Waals surface area contributed by atoms with Crippen molar-refractivity contribution in [3.63, 3.8) is 0 Å². The number of hydrogen-bond acceptors (Lipinski definition) is 4. The molecule has 1 aliphatic rings. The van der Waals surface area contributed by atoms with Gasteiger partial charge in [-0.25, -0.2) is 13.2 Å². The van der Waals surface area contributed by atoms with Crippen molar-refractivity contribution in [3.05, 3.63) is 58.1 Å². The lowest BCUT2D eigenvalue weighted by molar-refractivity contribution is 0.0734. The molecule has 7 heteroatoms. The molecule has 0 unspecified atom stereocenters. The molecule has 0 amide bonds. The van der Waals surface area contributed by atoms with Crippen molar-refractivity contribution >= 4 is 27.6 Å². The highest BCUT2D eigenvalue weighted by Crippen LogP contribution is 2.28. The molecule has 0 atom stereocenters. The van der Waals surface area contributed by atoms with Gasteiger partial charge in [-0.1, -0.05) is 31.5 Å². The van der Waals surface area contributed by atoms with Gasteiger partial charge in [-0.2, -0.15) is 4.31 Å². The van der Waals surface area contributed by atoms with Crippen LogP contribution >= 0.6 is 11.6 Å². The molecule has 0 spiro atoms. The molecule has 5 nitrogen and oxygen atoms in total. The van der Waals surface area contributed by atoms with E-state index in [2.05, 4.69) is 0 Å². The molecule has 0 heterocycles.